The average Bonchev–Trinajstić information content (AvgIpc) is 3.22. The van der Waals surface area contributed by atoms with Crippen molar-refractivity contribution in [2.75, 3.05) is 26.9 Å². The maximum absolute atomic E-state index is 12.2. The van der Waals surface area contributed by atoms with Crippen molar-refractivity contribution >= 4 is 5.91 Å². The number of hydrogen-bond donors (Lipinski definition) is 1. The van der Waals surface area contributed by atoms with Gasteiger partial charge in [0.2, 0.25) is 5.91 Å². The molecule has 0 atom stereocenters. The average molecular weight is 394 g/mol. The van der Waals surface area contributed by atoms with E-state index in [-0.39, 0.29) is 12.3 Å². The molecule has 0 aliphatic carbocycles. The van der Waals surface area contributed by atoms with Crippen LogP contribution in [0.2, 0.25) is 0 Å². The molecule has 7 heteroatoms. The quantitative estimate of drug-likeness (QED) is 0.663. The number of aromatic nitrogens is 1. The molecule has 7 nitrogen and oxygen atoms in total. The Hall–Kier alpha value is -3.48. The summed E-state index contributed by atoms with van der Waals surface area (Å²) in [6.45, 7) is 1.59. The first-order valence-electron chi connectivity index (χ1n) is 9.47. The summed E-state index contributed by atoms with van der Waals surface area (Å²) >= 11 is 0. The molecule has 0 saturated carbocycles. The van der Waals surface area contributed by atoms with Crippen LogP contribution in [0.5, 0.6) is 17.2 Å². The summed E-state index contributed by atoms with van der Waals surface area (Å²) in [7, 11) is 1.64. The summed E-state index contributed by atoms with van der Waals surface area (Å²) in [6.07, 6.45) is 0.844. The van der Waals surface area contributed by atoms with Gasteiger partial charge in [0.05, 0.1) is 19.2 Å². The normalized spacial score (nSPS) is 12.4. The number of amides is 1. The first kappa shape index (κ1) is 18.9. The van der Waals surface area contributed by atoms with Gasteiger partial charge in [0.15, 0.2) is 17.3 Å². The predicted octanol–water partition coefficient (Wildman–Crippen LogP) is 3.02. The van der Waals surface area contributed by atoms with Crippen LogP contribution in [0.25, 0.3) is 11.3 Å². The summed E-state index contributed by atoms with van der Waals surface area (Å²) in [6, 6.07) is 15.1. The van der Waals surface area contributed by atoms with Crippen LogP contribution in [-0.4, -0.2) is 37.9 Å². The third-order valence-corrected chi connectivity index (χ3v) is 4.64. The van der Waals surface area contributed by atoms with Gasteiger partial charge in [-0.25, -0.2) is 0 Å². The lowest BCUT2D eigenvalue weighted by Crippen LogP contribution is -2.27. The monoisotopic (exact) mass is 394 g/mol. The number of fused-ring (bicyclic) bond motifs is 1. The highest BCUT2D eigenvalue weighted by molar-refractivity contribution is 5.78. The second-order valence-corrected chi connectivity index (χ2v) is 6.63. The molecular weight excluding hydrogens is 372 g/mol. The zero-order valence-electron chi connectivity index (χ0n) is 16.1. The Bertz CT molecular complexity index is 998. The molecule has 1 amide bonds. The zero-order chi connectivity index (χ0) is 20.1. The highest BCUT2D eigenvalue weighted by Crippen LogP contribution is 2.34. The van der Waals surface area contributed by atoms with Crippen molar-refractivity contribution in [3.8, 4) is 28.6 Å². The maximum Gasteiger partial charge on any atom is 0.226 e. The van der Waals surface area contributed by atoms with Gasteiger partial charge >= 0.3 is 0 Å². The lowest BCUT2D eigenvalue weighted by molar-refractivity contribution is -0.120. The first-order chi connectivity index (χ1) is 14.2. The molecule has 2 aromatic carbocycles. The lowest BCUT2D eigenvalue weighted by Gasteiger charge is -2.18. The summed E-state index contributed by atoms with van der Waals surface area (Å²) in [5.74, 6) is 2.69. The Morgan fingerprint density at radius 3 is 2.79 bits per heavy atom. The first-order valence-corrected chi connectivity index (χ1v) is 9.47. The van der Waals surface area contributed by atoms with Crippen molar-refractivity contribution in [1.82, 2.24) is 10.5 Å². The van der Waals surface area contributed by atoms with E-state index in [0.717, 1.165) is 16.9 Å². The van der Waals surface area contributed by atoms with Crippen molar-refractivity contribution in [3.05, 3.63) is 59.8 Å². The third kappa shape index (κ3) is 4.51. The predicted molar refractivity (Wildman–Crippen MR) is 106 cm³/mol. The van der Waals surface area contributed by atoms with Crippen molar-refractivity contribution < 1.29 is 23.5 Å². The molecule has 29 heavy (non-hydrogen) atoms. The Morgan fingerprint density at radius 1 is 1.10 bits per heavy atom. The highest BCUT2D eigenvalue weighted by Gasteiger charge is 2.15. The van der Waals surface area contributed by atoms with Gasteiger partial charge in [-0.2, -0.15) is 0 Å². The zero-order valence-corrected chi connectivity index (χ0v) is 16.1. The largest absolute Gasteiger partial charge is 0.496 e. The topological polar surface area (TPSA) is 82.8 Å². The third-order valence-electron chi connectivity index (χ3n) is 4.64. The number of hydrogen-bond acceptors (Lipinski definition) is 6. The van der Waals surface area contributed by atoms with Gasteiger partial charge in [-0.15, -0.1) is 0 Å². The van der Waals surface area contributed by atoms with Crippen LogP contribution in [0, 0.1) is 0 Å². The molecule has 3 aromatic rings. The van der Waals surface area contributed by atoms with E-state index in [2.05, 4.69) is 10.5 Å². The molecule has 1 aromatic heterocycles. The number of carbonyl (C=O) groups excluding carboxylic acids is 1. The van der Waals surface area contributed by atoms with Crippen LogP contribution in [-0.2, 0) is 17.6 Å². The van der Waals surface area contributed by atoms with Crippen molar-refractivity contribution in [1.29, 1.82) is 0 Å². The van der Waals surface area contributed by atoms with Crippen LogP contribution in [0.15, 0.2) is 53.1 Å². The molecule has 0 fully saturated rings. The minimum Gasteiger partial charge on any atom is -0.496 e. The van der Waals surface area contributed by atoms with Crippen LogP contribution < -0.4 is 19.5 Å². The second-order valence-electron chi connectivity index (χ2n) is 6.63. The maximum atomic E-state index is 12.2. The molecule has 1 aliphatic rings. The van der Waals surface area contributed by atoms with Gasteiger partial charge in [0, 0.05) is 18.2 Å². The summed E-state index contributed by atoms with van der Waals surface area (Å²) in [5, 5.41) is 6.92. The SMILES string of the molecule is COc1ccccc1CCNC(=O)Cc1cc(-c2ccc3c(c2)OCCO3)on1. The molecular formula is C22H22N2O5. The number of benzene rings is 2. The molecule has 1 aliphatic heterocycles. The highest BCUT2D eigenvalue weighted by atomic mass is 16.6. The molecule has 0 radical (unpaired) electrons. The molecule has 0 bridgehead atoms. The number of rotatable bonds is 7. The second kappa shape index (κ2) is 8.68. The summed E-state index contributed by atoms with van der Waals surface area (Å²) in [5.41, 5.74) is 2.45. The Labute approximate surface area is 168 Å². The van der Waals surface area contributed by atoms with Crippen LogP contribution in [0.4, 0.5) is 0 Å². The van der Waals surface area contributed by atoms with Gasteiger partial charge < -0.3 is 24.1 Å². The van der Waals surface area contributed by atoms with E-state index in [9.17, 15) is 4.79 Å². The van der Waals surface area contributed by atoms with E-state index in [4.69, 9.17) is 18.7 Å². The minimum absolute atomic E-state index is 0.109. The molecule has 150 valence electrons. The van der Waals surface area contributed by atoms with E-state index in [0.29, 0.717) is 49.1 Å². The van der Waals surface area contributed by atoms with Gasteiger partial charge in [-0.05, 0) is 36.2 Å². The van der Waals surface area contributed by atoms with Gasteiger partial charge in [-0.3, -0.25) is 4.79 Å². The fourth-order valence-corrected chi connectivity index (χ4v) is 3.20. The van der Waals surface area contributed by atoms with Gasteiger partial charge in [0.1, 0.15) is 19.0 Å². The van der Waals surface area contributed by atoms with E-state index in [1.807, 2.05) is 42.5 Å². The van der Waals surface area contributed by atoms with Crippen LogP contribution in [0.1, 0.15) is 11.3 Å². The lowest BCUT2D eigenvalue weighted by atomic mass is 10.1. The Morgan fingerprint density at radius 2 is 1.93 bits per heavy atom. The number of ether oxygens (including phenoxy) is 3. The molecule has 2 heterocycles. The molecule has 0 saturated heterocycles. The number of methoxy groups -OCH3 is 1. The smallest absolute Gasteiger partial charge is 0.226 e. The fourth-order valence-electron chi connectivity index (χ4n) is 3.20. The molecule has 1 N–H and O–H groups in total. The number of nitrogens with one attached hydrogen (secondary N) is 1. The van der Waals surface area contributed by atoms with E-state index in [1.165, 1.54) is 0 Å². The van der Waals surface area contributed by atoms with E-state index >= 15 is 0 Å². The number of carbonyl (C=O) groups is 1. The fraction of sp³-hybridized carbons (Fsp3) is 0.273. The van der Waals surface area contributed by atoms with Crippen molar-refractivity contribution in [2.24, 2.45) is 0 Å². The summed E-state index contributed by atoms with van der Waals surface area (Å²) < 4.78 is 21.8. The summed E-state index contributed by atoms with van der Waals surface area (Å²) in [4.78, 5) is 12.2. The Balaban J connectivity index is 1.32. The van der Waals surface area contributed by atoms with Crippen molar-refractivity contribution in [3.63, 3.8) is 0 Å². The van der Waals surface area contributed by atoms with E-state index in [1.54, 1.807) is 13.2 Å². The molecule has 0 unspecified atom stereocenters. The van der Waals surface area contributed by atoms with Gasteiger partial charge in [0.25, 0.3) is 0 Å². The standard InChI is InChI=1S/C22H22N2O5/c1-26-18-5-3-2-4-15(18)8-9-23-22(25)14-17-13-20(29-24-17)16-6-7-19-21(12-16)28-11-10-27-19/h2-7,12-13H,8-11,14H2,1H3,(H,23,25). The Kier molecular flexibility index (Phi) is 5.65. The van der Waals surface area contributed by atoms with Gasteiger partial charge in [-0.1, -0.05) is 23.4 Å². The van der Waals surface area contributed by atoms with Crippen LogP contribution >= 0.6 is 0 Å². The minimum atomic E-state index is -0.109. The molecule has 0 spiro atoms. The van der Waals surface area contributed by atoms with E-state index < -0.39 is 0 Å². The molecule has 4 rings (SSSR count). The van der Waals surface area contributed by atoms with Crippen LogP contribution in [0.3, 0.4) is 0 Å². The number of para-hydroxylation sites is 1. The number of nitrogens with zero attached hydrogens (tertiary/aromatic N) is 1. The van der Waals surface area contributed by atoms with Crippen molar-refractivity contribution in [2.45, 2.75) is 12.8 Å².